The van der Waals surface area contributed by atoms with Crippen molar-refractivity contribution in [2.24, 2.45) is 4.99 Å². The number of nitrogens with one attached hydrogen (secondary N) is 1. The van der Waals surface area contributed by atoms with E-state index in [-0.39, 0.29) is 12.3 Å². The highest BCUT2D eigenvalue weighted by Crippen LogP contribution is 2.40. The van der Waals surface area contributed by atoms with Crippen LogP contribution in [0.5, 0.6) is 0 Å². The molecule has 2 aromatic heterocycles. The molecule has 1 aliphatic rings. The summed E-state index contributed by atoms with van der Waals surface area (Å²) in [7, 11) is 0. The van der Waals surface area contributed by atoms with Gasteiger partial charge in [-0.2, -0.15) is 5.26 Å². The fourth-order valence-electron chi connectivity index (χ4n) is 7.53. The summed E-state index contributed by atoms with van der Waals surface area (Å²) in [5.74, 6) is 0.729. The molecule has 2 unspecified atom stereocenters. The lowest BCUT2D eigenvalue weighted by Crippen LogP contribution is -2.31. The highest BCUT2D eigenvalue weighted by molar-refractivity contribution is 6.13. The third-order valence-corrected chi connectivity index (χ3v) is 10.0. The van der Waals surface area contributed by atoms with Crippen LogP contribution in [0.15, 0.2) is 173 Å². The molecule has 6 heteroatoms. The Morgan fingerprint density at radius 3 is 2.13 bits per heavy atom. The second kappa shape index (κ2) is 12.1. The first-order valence-corrected chi connectivity index (χ1v) is 17.4. The standard InChI is InChI=1S/C46H30N5O/c47-28-29-18-24-40-38(26-29)39-27-33(35-15-9-16-37-36-14-7-8-17-42(36)52-43(35)37)21-25-41(39)51(40)34-22-19-32(20-23-34)46-49-44(30-10-3-1-4-11-30)48-45(50-46)31-12-5-2-6-13-31/h1-27,44,46,49H/q-1. The highest BCUT2D eigenvalue weighted by atomic mass is 16.3. The Labute approximate surface area is 299 Å². The van der Waals surface area contributed by atoms with Crippen LogP contribution >= 0.6 is 0 Å². The van der Waals surface area contributed by atoms with Crippen LogP contribution in [0.1, 0.15) is 34.6 Å². The Kier molecular flexibility index (Phi) is 6.98. The number of hydrogen-bond acceptors (Lipinski definition) is 4. The van der Waals surface area contributed by atoms with Crippen molar-refractivity contribution in [3.05, 3.63) is 191 Å². The van der Waals surface area contributed by atoms with Gasteiger partial charge < -0.3 is 24.6 Å². The first-order chi connectivity index (χ1) is 25.7. The molecule has 1 aliphatic heterocycles. The summed E-state index contributed by atoms with van der Waals surface area (Å²) in [6.45, 7) is 0. The van der Waals surface area contributed by atoms with Gasteiger partial charge in [-0.1, -0.05) is 121 Å². The molecule has 52 heavy (non-hydrogen) atoms. The molecule has 3 heterocycles. The fraction of sp³-hybridized carbons (Fsp3) is 0.0435. The Balaban J connectivity index is 1.08. The van der Waals surface area contributed by atoms with Crippen LogP contribution in [0.25, 0.3) is 65.9 Å². The molecule has 6 nitrogen and oxygen atoms in total. The number of amidine groups is 1. The van der Waals surface area contributed by atoms with Gasteiger partial charge in [0.2, 0.25) is 0 Å². The van der Waals surface area contributed by atoms with Crippen LogP contribution in [0.4, 0.5) is 0 Å². The number of benzene rings is 7. The third-order valence-electron chi connectivity index (χ3n) is 10.0. The topological polar surface area (TPSA) is 80.3 Å². The third kappa shape index (κ3) is 4.95. The molecule has 0 fully saturated rings. The summed E-state index contributed by atoms with van der Waals surface area (Å²) in [5.41, 5.74) is 10.7. The van der Waals surface area contributed by atoms with Crippen LogP contribution < -0.4 is 5.32 Å². The SMILES string of the molecule is N#Cc1ccc2c(c1)c1cc(-c3cccc4c3oc3ccccc34)ccc1n2-c1ccc(C2N=C(c3ccccc3)[N-]C(c3ccccc3)N2)cc1. The van der Waals surface area contributed by atoms with Gasteiger partial charge in [-0.25, -0.2) is 0 Å². The van der Waals surface area contributed by atoms with Crippen molar-refractivity contribution in [3.8, 4) is 22.9 Å². The van der Waals surface area contributed by atoms with E-state index in [1.54, 1.807) is 0 Å². The maximum Gasteiger partial charge on any atom is 0.143 e. The molecule has 0 bridgehead atoms. The summed E-state index contributed by atoms with van der Waals surface area (Å²) < 4.78 is 8.68. The average Bonchev–Trinajstić information content (AvgIpc) is 3.76. The highest BCUT2D eigenvalue weighted by Gasteiger charge is 2.20. The van der Waals surface area contributed by atoms with Crippen LogP contribution in [0, 0.1) is 11.3 Å². The van der Waals surface area contributed by atoms with Gasteiger partial charge in [0.1, 0.15) is 11.2 Å². The van der Waals surface area contributed by atoms with E-state index in [1.807, 2.05) is 72.8 Å². The van der Waals surface area contributed by atoms with Crippen molar-refractivity contribution < 1.29 is 4.42 Å². The minimum absolute atomic E-state index is 0.232. The molecule has 0 amide bonds. The smallest absolute Gasteiger partial charge is 0.143 e. The van der Waals surface area contributed by atoms with Crippen molar-refractivity contribution in [1.29, 1.82) is 5.26 Å². The van der Waals surface area contributed by atoms with Crippen molar-refractivity contribution in [2.75, 3.05) is 0 Å². The minimum Gasteiger partial charge on any atom is -0.455 e. The molecule has 9 aromatic rings. The maximum absolute atomic E-state index is 9.86. The largest absolute Gasteiger partial charge is 0.455 e. The van der Waals surface area contributed by atoms with E-state index in [9.17, 15) is 5.26 Å². The zero-order valence-electron chi connectivity index (χ0n) is 27.9. The van der Waals surface area contributed by atoms with Gasteiger partial charge in [-0.05, 0) is 70.8 Å². The number of fused-ring (bicyclic) bond motifs is 6. The zero-order valence-corrected chi connectivity index (χ0v) is 27.9. The number of rotatable bonds is 5. The number of furan rings is 1. The van der Waals surface area contributed by atoms with Crippen LogP contribution in [0.3, 0.4) is 0 Å². The molecule has 246 valence electrons. The number of para-hydroxylation sites is 2. The summed E-state index contributed by atoms with van der Waals surface area (Å²) >= 11 is 0. The lowest BCUT2D eigenvalue weighted by molar-refractivity contribution is 0.488. The molecule has 0 aliphatic carbocycles. The Bertz CT molecular complexity index is 2860. The Hall–Kier alpha value is -6.94. The van der Waals surface area contributed by atoms with E-state index in [0.717, 1.165) is 83.1 Å². The molecule has 1 N–H and O–H groups in total. The summed E-state index contributed by atoms with van der Waals surface area (Å²) in [6.07, 6.45) is -0.517. The molecule has 0 radical (unpaired) electrons. The van der Waals surface area contributed by atoms with Gasteiger partial charge in [0.05, 0.1) is 22.7 Å². The van der Waals surface area contributed by atoms with Crippen molar-refractivity contribution >= 4 is 49.6 Å². The first kappa shape index (κ1) is 29.9. The number of aromatic nitrogens is 1. The maximum atomic E-state index is 9.86. The lowest BCUT2D eigenvalue weighted by atomic mass is 10.00. The molecule has 7 aromatic carbocycles. The molecule has 0 saturated heterocycles. The second-order valence-corrected chi connectivity index (χ2v) is 13.1. The normalized spacial score (nSPS) is 15.9. The van der Waals surface area contributed by atoms with Gasteiger partial charge in [-0.3, -0.25) is 0 Å². The van der Waals surface area contributed by atoms with Gasteiger partial charge in [0.25, 0.3) is 0 Å². The van der Waals surface area contributed by atoms with E-state index in [1.165, 1.54) is 0 Å². The van der Waals surface area contributed by atoms with Crippen LogP contribution in [-0.4, -0.2) is 10.4 Å². The van der Waals surface area contributed by atoms with Gasteiger partial charge in [-0.15, -0.1) is 0 Å². The molecule has 2 atom stereocenters. The molecular formula is C46H30N5O-. The monoisotopic (exact) mass is 668 g/mol. The molecule has 0 spiro atoms. The summed E-state index contributed by atoms with van der Waals surface area (Å²) in [5, 5.41) is 22.8. The Morgan fingerprint density at radius 2 is 1.33 bits per heavy atom. The fourth-order valence-corrected chi connectivity index (χ4v) is 7.53. The number of nitrogens with zero attached hydrogens (tertiary/aromatic N) is 4. The summed E-state index contributed by atoms with van der Waals surface area (Å²) in [4.78, 5) is 5.08. The molecule has 10 rings (SSSR count). The van der Waals surface area contributed by atoms with Crippen molar-refractivity contribution in [1.82, 2.24) is 9.88 Å². The zero-order chi connectivity index (χ0) is 34.6. The predicted molar refractivity (Wildman–Crippen MR) is 210 cm³/mol. The first-order valence-electron chi connectivity index (χ1n) is 17.4. The van der Waals surface area contributed by atoms with Gasteiger partial charge >= 0.3 is 0 Å². The van der Waals surface area contributed by atoms with E-state index < -0.39 is 0 Å². The average molecular weight is 669 g/mol. The lowest BCUT2D eigenvalue weighted by Gasteiger charge is -2.40. The molecule has 0 saturated carbocycles. The number of nitriles is 1. The van der Waals surface area contributed by atoms with E-state index >= 15 is 0 Å². The minimum atomic E-state index is -0.285. The van der Waals surface area contributed by atoms with Crippen LogP contribution in [0.2, 0.25) is 0 Å². The molecular weight excluding hydrogens is 639 g/mol. The number of aliphatic imine (C=N–C) groups is 1. The predicted octanol–water partition coefficient (Wildman–Crippen LogP) is 11.3. The van der Waals surface area contributed by atoms with Crippen molar-refractivity contribution in [2.45, 2.75) is 12.3 Å². The Morgan fingerprint density at radius 1 is 0.615 bits per heavy atom. The van der Waals surface area contributed by atoms with Gasteiger partial charge in [0.15, 0.2) is 0 Å². The van der Waals surface area contributed by atoms with E-state index in [0.29, 0.717) is 5.56 Å². The van der Waals surface area contributed by atoms with Crippen molar-refractivity contribution in [3.63, 3.8) is 0 Å². The summed E-state index contributed by atoms with van der Waals surface area (Å²) in [6, 6.07) is 58.4. The van der Waals surface area contributed by atoms with Gasteiger partial charge in [0, 0.05) is 45.1 Å². The van der Waals surface area contributed by atoms with E-state index in [2.05, 4.69) is 107 Å². The van der Waals surface area contributed by atoms with Crippen LogP contribution in [-0.2, 0) is 0 Å². The second-order valence-electron chi connectivity index (χ2n) is 13.1. The number of hydrogen-bond donors (Lipinski definition) is 1. The quantitative estimate of drug-likeness (QED) is 0.198. The van der Waals surface area contributed by atoms with E-state index in [4.69, 9.17) is 14.7 Å².